The van der Waals surface area contributed by atoms with E-state index < -0.39 is 23.2 Å². The van der Waals surface area contributed by atoms with Crippen LogP contribution in [0.4, 0.5) is 4.79 Å². The predicted octanol–water partition coefficient (Wildman–Crippen LogP) is 2.01. The summed E-state index contributed by atoms with van der Waals surface area (Å²) in [5.41, 5.74) is -1.93. The quantitative estimate of drug-likeness (QED) is 0.632. The predicted molar refractivity (Wildman–Crippen MR) is 78.9 cm³/mol. The van der Waals surface area contributed by atoms with E-state index in [9.17, 15) is 24.9 Å². The number of alkyl carbamates (subject to hydrolysis) is 1. The molecule has 0 aliphatic heterocycles. The maximum Gasteiger partial charge on any atom is 0.408 e. The Labute approximate surface area is 128 Å². The molecule has 22 heavy (non-hydrogen) atoms. The number of hydrogen-bond acceptors (Lipinski definition) is 5. The second kappa shape index (κ2) is 6.13. The second-order valence-electron chi connectivity index (χ2n) is 6.26. The van der Waals surface area contributed by atoms with E-state index in [1.165, 1.54) is 25.1 Å². The van der Waals surface area contributed by atoms with Crippen LogP contribution in [0, 0.1) is 0 Å². The molecule has 0 aliphatic rings. The molecule has 0 heterocycles. The molecule has 0 aromatic heterocycles. The summed E-state index contributed by atoms with van der Waals surface area (Å²) in [5.74, 6) is -1.91. The van der Waals surface area contributed by atoms with Gasteiger partial charge in [-0.15, -0.1) is 0 Å². The van der Waals surface area contributed by atoms with Gasteiger partial charge in [0.2, 0.25) is 0 Å². The van der Waals surface area contributed by atoms with Crippen LogP contribution in [0.3, 0.4) is 0 Å². The molecule has 4 N–H and O–H groups in total. The van der Waals surface area contributed by atoms with E-state index in [4.69, 9.17) is 4.74 Å². The van der Waals surface area contributed by atoms with Crippen LogP contribution < -0.4 is 5.32 Å². The van der Waals surface area contributed by atoms with Crippen LogP contribution in [-0.2, 0) is 16.0 Å². The zero-order valence-electron chi connectivity index (χ0n) is 13.0. The number of aromatic hydroxyl groups is 2. The number of carbonyl (C=O) groups is 2. The second-order valence-corrected chi connectivity index (χ2v) is 6.26. The van der Waals surface area contributed by atoms with Gasteiger partial charge in [0.25, 0.3) is 0 Å². The van der Waals surface area contributed by atoms with Gasteiger partial charge in [0.05, 0.1) is 0 Å². The summed E-state index contributed by atoms with van der Waals surface area (Å²) in [4.78, 5) is 23.3. The van der Waals surface area contributed by atoms with Crippen molar-refractivity contribution in [1.29, 1.82) is 0 Å². The fourth-order valence-electron chi connectivity index (χ4n) is 1.79. The highest BCUT2D eigenvalue weighted by Crippen LogP contribution is 2.27. The number of carboxylic acid groups (broad SMARTS) is 1. The van der Waals surface area contributed by atoms with Crippen LogP contribution in [0.5, 0.6) is 11.5 Å². The van der Waals surface area contributed by atoms with Gasteiger partial charge < -0.3 is 25.4 Å². The average molecular weight is 311 g/mol. The molecular formula is C15H21NO6. The van der Waals surface area contributed by atoms with Crippen LogP contribution in [0.25, 0.3) is 0 Å². The Kier molecular flexibility index (Phi) is 4.91. The number of aliphatic carboxylic acids is 1. The third-order valence-corrected chi connectivity index (χ3v) is 2.85. The molecule has 7 heteroatoms. The Morgan fingerprint density at radius 2 is 1.73 bits per heavy atom. The van der Waals surface area contributed by atoms with Gasteiger partial charge in [-0.25, -0.2) is 9.59 Å². The lowest BCUT2D eigenvalue weighted by Crippen LogP contribution is -2.54. The summed E-state index contributed by atoms with van der Waals surface area (Å²) in [6, 6.07) is 3.96. The maximum atomic E-state index is 11.8. The third-order valence-electron chi connectivity index (χ3n) is 2.85. The van der Waals surface area contributed by atoms with Gasteiger partial charge in [0.15, 0.2) is 11.5 Å². The van der Waals surface area contributed by atoms with Crippen molar-refractivity contribution in [2.75, 3.05) is 0 Å². The number of hydrogen-bond donors (Lipinski definition) is 4. The van der Waals surface area contributed by atoms with Gasteiger partial charge >= 0.3 is 12.1 Å². The van der Waals surface area contributed by atoms with Crippen LogP contribution in [0.2, 0.25) is 0 Å². The summed E-state index contributed by atoms with van der Waals surface area (Å²) in [7, 11) is 0. The Morgan fingerprint density at radius 1 is 1.14 bits per heavy atom. The molecule has 1 aromatic rings. The highest BCUT2D eigenvalue weighted by Gasteiger charge is 2.36. The first-order chi connectivity index (χ1) is 9.93. The topological polar surface area (TPSA) is 116 Å². The van der Waals surface area contributed by atoms with Gasteiger partial charge in [-0.05, 0) is 45.4 Å². The molecule has 1 amide bonds. The molecule has 0 radical (unpaired) electrons. The molecule has 1 rings (SSSR count). The molecule has 122 valence electrons. The fraction of sp³-hybridized carbons (Fsp3) is 0.467. The number of nitrogens with one attached hydrogen (secondary N) is 1. The number of carboxylic acids is 1. The minimum absolute atomic E-state index is 0.0879. The Balaban J connectivity index is 2.93. The molecule has 1 aromatic carbocycles. The van der Waals surface area contributed by atoms with Crippen LogP contribution in [0.1, 0.15) is 33.3 Å². The number of phenols is 2. The molecule has 0 unspecified atom stereocenters. The van der Waals surface area contributed by atoms with Crippen molar-refractivity contribution in [3.8, 4) is 11.5 Å². The number of rotatable bonds is 4. The Bertz CT molecular complexity index is 578. The molecular weight excluding hydrogens is 290 g/mol. The van der Waals surface area contributed by atoms with E-state index in [2.05, 4.69) is 5.32 Å². The number of benzene rings is 1. The zero-order chi connectivity index (χ0) is 17.1. The van der Waals surface area contributed by atoms with Crippen molar-refractivity contribution in [3.05, 3.63) is 23.8 Å². The van der Waals surface area contributed by atoms with Crippen LogP contribution >= 0.6 is 0 Å². The Hall–Kier alpha value is -2.44. The first-order valence-corrected chi connectivity index (χ1v) is 6.68. The first-order valence-electron chi connectivity index (χ1n) is 6.68. The van der Waals surface area contributed by atoms with Gasteiger partial charge in [0.1, 0.15) is 11.1 Å². The lowest BCUT2D eigenvalue weighted by molar-refractivity contribution is -0.144. The number of carbonyl (C=O) groups excluding carboxylic acids is 1. The van der Waals surface area contributed by atoms with E-state index in [1.807, 2.05) is 0 Å². The normalized spacial score (nSPS) is 14.0. The van der Waals surface area contributed by atoms with E-state index in [0.717, 1.165) is 0 Å². The zero-order valence-corrected chi connectivity index (χ0v) is 13.0. The minimum Gasteiger partial charge on any atom is -0.504 e. The lowest BCUT2D eigenvalue weighted by Gasteiger charge is -2.28. The number of ether oxygens (including phenoxy) is 1. The lowest BCUT2D eigenvalue weighted by atomic mass is 9.93. The highest BCUT2D eigenvalue weighted by atomic mass is 16.6. The summed E-state index contributed by atoms with van der Waals surface area (Å²) in [6.07, 6.45) is -0.935. The molecule has 0 fully saturated rings. The molecule has 1 atom stereocenters. The van der Waals surface area contributed by atoms with Crippen molar-refractivity contribution >= 4 is 12.1 Å². The van der Waals surface area contributed by atoms with Crippen molar-refractivity contribution in [3.63, 3.8) is 0 Å². The summed E-state index contributed by atoms with van der Waals surface area (Å²) >= 11 is 0. The average Bonchev–Trinajstić information content (AvgIpc) is 2.31. The molecule has 0 saturated heterocycles. The third kappa shape index (κ3) is 4.83. The summed E-state index contributed by atoms with van der Waals surface area (Å²) < 4.78 is 5.06. The fourth-order valence-corrected chi connectivity index (χ4v) is 1.79. The number of phenolic OH excluding ortho intramolecular Hbond substituents is 2. The van der Waals surface area contributed by atoms with E-state index in [0.29, 0.717) is 5.56 Å². The first kappa shape index (κ1) is 17.6. The molecule has 0 spiro atoms. The van der Waals surface area contributed by atoms with Crippen LogP contribution in [-0.4, -0.2) is 38.5 Å². The standard InChI is InChI=1S/C15H21NO6/c1-14(2,3)22-13(21)16-15(4,12(19)20)8-9-5-6-10(17)11(18)7-9/h5-7,17-18H,8H2,1-4H3,(H,16,21)(H,19,20)/t15-/m0/s1. The number of amides is 1. The molecule has 0 saturated carbocycles. The molecule has 0 aliphatic carbocycles. The largest absolute Gasteiger partial charge is 0.504 e. The molecule has 7 nitrogen and oxygen atoms in total. The monoisotopic (exact) mass is 311 g/mol. The smallest absolute Gasteiger partial charge is 0.408 e. The summed E-state index contributed by atoms with van der Waals surface area (Å²) in [6.45, 7) is 6.34. The van der Waals surface area contributed by atoms with Crippen molar-refractivity contribution in [2.45, 2.75) is 45.3 Å². The van der Waals surface area contributed by atoms with Crippen molar-refractivity contribution in [2.24, 2.45) is 0 Å². The highest BCUT2D eigenvalue weighted by molar-refractivity contribution is 5.84. The van der Waals surface area contributed by atoms with Gasteiger partial charge in [-0.1, -0.05) is 6.07 Å². The van der Waals surface area contributed by atoms with E-state index in [1.54, 1.807) is 20.8 Å². The van der Waals surface area contributed by atoms with Gasteiger partial charge in [0, 0.05) is 6.42 Å². The van der Waals surface area contributed by atoms with Crippen LogP contribution in [0.15, 0.2) is 18.2 Å². The maximum absolute atomic E-state index is 11.8. The Morgan fingerprint density at radius 3 is 2.18 bits per heavy atom. The van der Waals surface area contributed by atoms with Gasteiger partial charge in [-0.3, -0.25) is 0 Å². The molecule has 0 bridgehead atoms. The van der Waals surface area contributed by atoms with E-state index >= 15 is 0 Å². The van der Waals surface area contributed by atoms with E-state index in [-0.39, 0.29) is 17.9 Å². The van der Waals surface area contributed by atoms with Crippen molar-refractivity contribution < 1.29 is 29.6 Å². The minimum atomic E-state index is -1.62. The van der Waals surface area contributed by atoms with Crippen molar-refractivity contribution in [1.82, 2.24) is 5.32 Å². The summed E-state index contributed by atoms with van der Waals surface area (Å²) in [5, 5.41) is 30.4. The SMILES string of the molecule is CC(C)(C)OC(=O)N[C@@](C)(Cc1ccc(O)c(O)c1)C(=O)O. The van der Waals surface area contributed by atoms with Gasteiger partial charge in [-0.2, -0.15) is 0 Å².